The van der Waals surface area contributed by atoms with Crippen molar-refractivity contribution in [3.05, 3.63) is 140 Å². The second-order valence-corrected chi connectivity index (χ2v) is 14.6. The summed E-state index contributed by atoms with van der Waals surface area (Å²) in [6, 6.07) is 50.6. The molecule has 2 N–H and O–H groups in total. The summed E-state index contributed by atoms with van der Waals surface area (Å²) >= 11 is 0. The summed E-state index contributed by atoms with van der Waals surface area (Å²) in [6.45, 7) is 1.26. The minimum Gasteiger partial charge on any atom is -0.494 e. The molecule has 0 unspecified atom stereocenters. The molecule has 6 nitrogen and oxygen atoms in total. The van der Waals surface area contributed by atoms with E-state index in [9.17, 15) is 10.2 Å². The zero-order valence-corrected chi connectivity index (χ0v) is 30.2. The lowest BCUT2D eigenvalue weighted by atomic mass is 9.34. The molecule has 0 fully saturated rings. The number of nitrogens with zero attached hydrogens (tertiary/aromatic N) is 2. The van der Waals surface area contributed by atoms with E-state index >= 15 is 0 Å². The molecular formula is C48H37BN2O4. The smallest absolute Gasteiger partial charge is 0.252 e. The third kappa shape index (κ3) is 4.70. The molecule has 4 heterocycles. The summed E-state index contributed by atoms with van der Waals surface area (Å²) in [5, 5.41) is 23.4. The van der Waals surface area contributed by atoms with E-state index in [4.69, 9.17) is 9.47 Å². The first-order valence-electron chi connectivity index (χ1n) is 19.2. The molecule has 0 atom stereocenters. The van der Waals surface area contributed by atoms with Crippen molar-refractivity contribution in [2.24, 2.45) is 0 Å². The largest absolute Gasteiger partial charge is 0.494 e. The van der Waals surface area contributed by atoms with Crippen LogP contribution in [0.4, 0.5) is 0 Å². The Bertz CT molecular complexity index is 2760. The third-order valence-corrected chi connectivity index (χ3v) is 11.6. The Morgan fingerprint density at radius 3 is 1.38 bits per heavy atom. The van der Waals surface area contributed by atoms with Gasteiger partial charge in [0.2, 0.25) is 0 Å². The molecule has 0 spiro atoms. The number of fused-ring (bicyclic) bond motifs is 10. The molecule has 7 aromatic carbocycles. The fourth-order valence-electron chi connectivity index (χ4n) is 9.37. The normalized spacial score (nSPS) is 12.6. The summed E-state index contributed by atoms with van der Waals surface area (Å²) in [4.78, 5) is 0. The first kappa shape index (κ1) is 32.2. The van der Waals surface area contributed by atoms with E-state index in [-0.39, 0.29) is 19.9 Å². The molecule has 266 valence electrons. The average Bonchev–Trinajstić information content (AvgIpc) is 3.77. The van der Waals surface area contributed by atoms with Gasteiger partial charge in [0, 0.05) is 70.0 Å². The molecule has 2 aliphatic heterocycles. The zero-order valence-electron chi connectivity index (χ0n) is 30.2. The Morgan fingerprint density at radius 1 is 0.473 bits per heavy atom. The standard InChI is InChI=1S/C48H37BN2O4/c52-26-6-28-54-32-18-14-30(15-19-32)34-22-24-38-47-44(34)36-8-1-3-10-40(36)50(47)42-12-5-13-43-46(42)49(38)39-25-23-35(31-16-20-33(21-17-31)55-29-7-27-53)45-37-9-2-4-11-41(37)51(43)48(39)45/h1-5,8-25,52-53H,6-7,26-29H2. The Balaban J connectivity index is 1.16. The predicted molar refractivity (Wildman–Crippen MR) is 225 cm³/mol. The van der Waals surface area contributed by atoms with E-state index in [1.54, 1.807) is 0 Å². The van der Waals surface area contributed by atoms with Gasteiger partial charge in [0.25, 0.3) is 6.71 Å². The van der Waals surface area contributed by atoms with Crippen molar-refractivity contribution in [1.29, 1.82) is 0 Å². The topological polar surface area (TPSA) is 68.8 Å². The summed E-state index contributed by atoms with van der Waals surface area (Å²) in [5.41, 5.74) is 16.0. The summed E-state index contributed by atoms with van der Waals surface area (Å²) in [7, 11) is 0. The van der Waals surface area contributed by atoms with Gasteiger partial charge in [-0.1, -0.05) is 91.0 Å². The van der Waals surface area contributed by atoms with E-state index in [0.29, 0.717) is 26.1 Å². The fourth-order valence-corrected chi connectivity index (χ4v) is 9.37. The van der Waals surface area contributed by atoms with E-state index in [1.165, 1.54) is 82.5 Å². The van der Waals surface area contributed by atoms with Crippen molar-refractivity contribution < 1.29 is 19.7 Å². The van der Waals surface area contributed by atoms with Gasteiger partial charge in [0.05, 0.1) is 24.2 Å². The number of aliphatic hydroxyl groups is 2. The quantitative estimate of drug-likeness (QED) is 0.112. The monoisotopic (exact) mass is 716 g/mol. The van der Waals surface area contributed by atoms with Crippen molar-refractivity contribution in [3.63, 3.8) is 0 Å². The Morgan fingerprint density at radius 2 is 0.927 bits per heavy atom. The van der Waals surface area contributed by atoms with Crippen LogP contribution in [-0.2, 0) is 0 Å². The lowest BCUT2D eigenvalue weighted by Gasteiger charge is -2.34. The highest BCUT2D eigenvalue weighted by atomic mass is 16.5. The zero-order chi connectivity index (χ0) is 36.6. The van der Waals surface area contributed by atoms with Crippen LogP contribution in [0.15, 0.2) is 140 Å². The number of benzene rings is 7. The lowest BCUT2D eigenvalue weighted by molar-refractivity contribution is 0.233. The summed E-state index contributed by atoms with van der Waals surface area (Å²) in [5.74, 6) is 1.62. The second-order valence-electron chi connectivity index (χ2n) is 14.6. The third-order valence-electron chi connectivity index (χ3n) is 11.6. The maximum Gasteiger partial charge on any atom is 0.252 e. The van der Waals surface area contributed by atoms with Gasteiger partial charge in [-0.15, -0.1) is 0 Å². The van der Waals surface area contributed by atoms with E-state index in [2.05, 4.69) is 124 Å². The van der Waals surface area contributed by atoms with Gasteiger partial charge in [0.15, 0.2) is 0 Å². The maximum absolute atomic E-state index is 9.22. The van der Waals surface area contributed by atoms with Crippen LogP contribution < -0.4 is 25.9 Å². The molecule has 7 heteroatoms. The van der Waals surface area contributed by atoms with Gasteiger partial charge >= 0.3 is 0 Å². The van der Waals surface area contributed by atoms with Crippen LogP contribution in [-0.4, -0.2) is 52.5 Å². The van der Waals surface area contributed by atoms with Gasteiger partial charge in [-0.25, -0.2) is 0 Å². The first-order chi connectivity index (χ1) is 27.2. The van der Waals surface area contributed by atoms with Crippen molar-refractivity contribution in [2.75, 3.05) is 26.4 Å². The number of rotatable bonds is 10. The van der Waals surface area contributed by atoms with Crippen LogP contribution in [0.3, 0.4) is 0 Å². The minimum absolute atomic E-state index is 0.0394. The summed E-state index contributed by atoms with van der Waals surface area (Å²) < 4.78 is 16.8. The molecule has 2 aliphatic rings. The lowest BCUT2D eigenvalue weighted by Crippen LogP contribution is -2.59. The molecule has 11 rings (SSSR count). The number of aliphatic hydroxyl groups excluding tert-OH is 2. The number of aromatic nitrogens is 2. The number of para-hydroxylation sites is 2. The van der Waals surface area contributed by atoms with Crippen LogP contribution in [0.2, 0.25) is 0 Å². The van der Waals surface area contributed by atoms with Gasteiger partial charge in [0.1, 0.15) is 11.5 Å². The Hall–Kier alpha value is -6.28. The molecule has 2 aromatic heterocycles. The maximum atomic E-state index is 9.22. The van der Waals surface area contributed by atoms with Crippen LogP contribution >= 0.6 is 0 Å². The molecule has 9 aromatic rings. The Kier molecular flexibility index (Phi) is 7.41. The van der Waals surface area contributed by atoms with Gasteiger partial charge < -0.3 is 28.8 Å². The highest BCUT2D eigenvalue weighted by Crippen LogP contribution is 2.44. The molecule has 0 bridgehead atoms. The van der Waals surface area contributed by atoms with Crippen LogP contribution in [0.1, 0.15) is 12.8 Å². The highest BCUT2D eigenvalue weighted by molar-refractivity contribution is 7.00. The van der Waals surface area contributed by atoms with Crippen molar-refractivity contribution in [3.8, 4) is 45.1 Å². The molecule has 0 aliphatic carbocycles. The molecule has 55 heavy (non-hydrogen) atoms. The second kappa shape index (κ2) is 12.7. The van der Waals surface area contributed by atoms with Crippen molar-refractivity contribution >= 4 is 66.7 Å². The van der Waals surface area contributed by atoms with Crippen LogP contribution in [0.5, 0.6) is 11.5 Å². The fraction of sp³-hybridized carbons (Fsp3) is 0.125. The molecular weight excluding hydrogens is 679 g/mol. The first-order valence-corrected chi connectivity index (χ1v) is 19.2. The highest BCUT2D eigenvalue weighted by Gasteiger charge is 2.41. The Labute approximate surface area is 318 Å². The predicted octanol–water partition coefficient (Wildman–Crippen LogP) is 7.88. The van der Waals surface area contributed by atoms with E-state index < -0.39 is 0 Å². The molecule has 0 saturated carbocycles. The van der Waals surface area contributed by atoms with E-state index in [1.807, 2.05) is 24.3 Å². The van der Waals surface area contributed by atoms with Crippen molar-refractivity contribution in [1.82, 2.24) is 9.13 Å². The molecule has 0 amide bonds. The number of ether oxygens (including phenoxy) is 2. The molecule has 0 radical (unpaired) electrons. The van der Waals surface area contributed by atoms with Gasteiger partial charge in [-0.05, 0) is 87.2 Å². The van der Waals surface area contributed by atoms with E-state index in [0.717, 1.165) is 22.6 Å². The SMILES string of the molecule is OCCCOc1ccc(-c2ccc3c4c2c2ccccc2n4-c2cccc4c2B3c2ccc(-c3ccc(OCCCO)cc3)c3c5ccccc5n-4c23)cc1. The van der Waals surface area contributed by atoms with Crippen LogP contribution in [0, 0.1) is 0 Å². The average molecular weight is 717 g/mol. The van der Waals surface area contributed by atoms with Gasteiger partial charge in [-0.2, -0.15) is 0 Å². The number of hydrogen-bond donors (Lipinski definition) is 2. The molecule has 0 saturated heterocycles. The van der Waals surface area contributed by atoms with Crippen molar-refractivity contribution in [2.45, 2.75) is 12.8 Å². The number of hydrogen-bond acceptors (Lipinski definition) is 4. The minimum atomic E-state index is 0.0394. The van der Waals surface area contributed by atoms with Crippen LogP contribution in [0.25, 0.3) is 77.2 Å². The van der Waals surface area contributed by atoms with Gasteiger partial charge in [-0.3, -0.25) is 0 Å². The summed E-state index contributed by atoms with van der Waals surface area (Å²) in [6.07, 6.45) is 1.22.